The molecule has 6 rings (SSSR count). The van der Waals surface area contributed by atoms with Crippen molar-refractivity contribution in [3.63, 3.8) is 0 Å². The lowest BCUT2D eigenvalue weighted by Gasteiger charge is -2.22. The lowest BCUT2D eigenvalue weighted by Crippen LogP contribution is -2.12. The molecule has 0 unspecified atom stereocenters. The molecule has 0 N–H and O–H groups in total. The predicted molar refractivity (Wildman–Crippen MR) is 132 cm³/mol. The van der Waals surface area contributed by atoms with Crippen molar-refractivity contribution in [2.24, 2.45) is 0 Å². The summed E-state index contributed by atoms with van der Waals surface area (Å²) in [5, 5.41) is 5.17. The third kappa shape index (κ3) is 2.67. The van der Waals surface area contributed by atoms with Crippen molar-refractivity contribution < 1.29 is 9.47 Å². The Kier molecular flexibility index (Phi) is 4.25. The molecule has 0 saturated heterocycles. The Morgan fingerprint density at radius 3 is 2.16 bits per heavy atom. The molecule has 1 aromatic heterocycles. The van der Waals surface area contributed by atoms with Gasteiger partial charge in [0.15, 0.2) is 11.5 Å². The van der Waals surface area contributed by atoms with Crippen LogP contribution in [0.3, 0.4) is 0 Å². The molecular weight excluding hydrogens is 394 g/mol. The molecule has 0 atom stereocenters. The summed E-state index contributed by atoms with van der Waals surface area (Å²) in [7, 11) is 3.40. The predicted octanol–water partition coefficient (Wildman–Crippen LogP) is 7.01. The number of benzene rings is 4. The fourth-order valence-electron chi connectivity index (χ4n) is 5.30. The van der Waals surface area contributed by atoms with Crippen molar-refractivity contribution in [1.29, 1.82) is 0 Å². The van der Waals surface area contributed by atoms with E-state index in [1.54, 1.807) is 14.2 Å². The molecule has 0 radical (unpaired) electrons. The first-order valence-corrected chi connectivity index (χ1v) is 11.1. The number of ether oxygens (including phenoxy) is 2. The van der Waals surface area contributed by atoms with E-state index in [1.807, 2.05) is 0 Å². The van der Waals surface area contributed by atoms with Gasteiger partial charge in [0.1, 0.15) is 0 Å². The molecule has 1 aliphatic rings. The third-order valence-electron chi connectivity index (χ3n) is 6.91. The number of nitrogens with zero attached hydrogens (tertiary/aromatic N) is 1. The highest BCUT2D eigenvalue weighted by molar-refractivity contribution is 6.14. The average molecular weight is 420 g/mol. The number of hydrogen-bond donors (Lipinski definition) is 0. The van der Waals surface area contributed by atoms with Crippen molar-refractivity contribution in [3.05, 3.63) is 84.1 Å². The Bertz CT molecular complexity index is 1510. The summed E-state index contributed by atoms with van der Waals surface area (Å²) >= 11 is 0. The molecule has 0 bridgehead atoms. The number of aromatic nitrogens is 1. The maximum atomic E-state index is 5.61. The van der Waals surface area contributed by atoms with Crippen molar-refractivity contribution >= 4 is 21.5 Å². The fraction of sp³-hybridized carbons (Fsp3) is 0.172. The van der Waals surface area contributed by atoms with Gasteiger partial charge in [-0.05, 0) is 70.3 Å². The van der Waals surface area contributed by atoms with Crippen LogP contribution in [0.4, 0.5) is 0 Å². The SMILES string of the molecule is COc1cc2c(cc1OC)-c1cc(-c3cc4ccccc4c4ccccc34)c(C)n1CC2. The number of hydrogen-bond acceptors (Lipinski definition) is 2. The number of aryl methyl sites for hydroxylation is 1. The summed E-state index contributed by atoms with van der Waals surface area (Å²) in [6.07, 6.45) is 0.982. The Morgan fingerprint density at radius 2 is 1.38 bits per heavy atom. The van der Waals surface area contributed by atoms with Crippen LogP contribution in [-0.2, 0) is 13.0 Å². The Balaban J connectivity index is 1.62. The second-order valence-electron chi connectivity index (χ2n) is 8.49. The van der Waals surface area contributed by atoms with E-state index in [1.165, 1.54) is 55.2 Å². The zero-order valence-electron chi connectivity index (χ0n) is 18.6. The van der Waals surface area contributed by atoms with Gasteiger partial charge in [-0.2, -0.15) is 0 Å². The summed E-state index contributed by atoms with van der Waals surface area (Å²) in [6, 6.07) is 26.4. The standard InChI is InChI=1S/C29H25NO2/c1-18-24(26-14-19-8-4-5-9-21(19)22-10-6-7-11-23(22)26)16-27-25-17-29(32-3)28(31-2)15-20(25)12-13-30(18)27/h4-11,14-17H,12-13H2,1-3H3. The first-order chi connectivity index (χ1) is 15.7. The van der Waals surface area contributed by atoms with Gasteiger partial charge in [0.25, 0.3) is 0 Å². The second kappa shape index (κ2) is 7.16. The lowest BCUT2D eigenvalue weighted by molar-refractivity contribution is 0.354. The van der Waals surface area contributed by atoms with Crippen LogP contribution in [0.5, 0.6) is 11.5 Å². The van der Waals surface area contributed by atoms with Crippen LogP contribution in [0.1, 0.15) is 11.3 Å². The van der Waals surface area contributed by atoms with Crippen LogP contribution >= 0.6 is 0 Å². The van der Waals surface area contributed by atoms with Gasteiger partial charge in [-0.15, -0.1) is 0 Å². The molecule has 0 saturated carbocycles. The van der Waals surface area contributed by atoms with Gasteiger partial charge in [0, 0.05) is 29.1 Å². The van der Waals surface area contributed by atoms with Crippen LogP contribution in [-0.4, -0.2) is 18.8 Å². The fourth-order valence-corrected chi connectivity index (χ4v) is 5.30. The molecule has 158 valence electrons. The summed E-state index contributed by atoms with van der Waals surface area (Å²) in [5.41, 5.74) is 7.68. The first kappa shape index (κ1) is 19.0. The minimum atomic E-state index is 0.774. The number of methoxy groups -OCH3 is 2. The summed E-state index contributed by atoms with van der Waals surface area (Å²) < 4.78 is 13.6. The molecular formula is C29H25NO2. The third-order valence-corrected chi connectivity index (χ3v) is 6.91. The maximum Gasteiger partial charge on any atom is 0.161 e. The molecule has 32 heavy (non-hydrogen) atoms. The van der Waals surface area contributed by atoms with Crippen LogP contribution in [0.25, 0.3) is 43.9 Å². The Hall–Kier alpha value is -3.72. The van der Waals surface area contributed by atoms with Crippen LogP contribution in [0.15, 0.2) is 72.8 Å². The van der Waals surface area contributed by atoms with Crippen molar-refractivity contribution in [3.8, 4) is 33.9 Å². The summed E-state index contributed by atoms with van der Waals surface area (Å²) in [4.78, 5) is 0. The van der Waals surface area contributed by atoms with Crippen LogP contribution in [0, 0.1) is 6.92 Å². The molecule has 1 aliphatic heterocycles. The minimum absolute atomic E-state index is 0.774. The highest BCUT2D eigenvalue weighted by atomic mass is 16.5. The van der Waals surface area contributed by atoms with E-state index in [4.69, 9.17) is 9.47 Å². The molecule has 2 heterocycles. The van der Waals surface area contributed by atoms with E-state index in [0.29, 0.717) is 0 Å². The van der Waals surface area contributed by atoms with Gasteiger partial charge in [-0.25, -0.2) is 0 Å². The van der Waals surface area contributed by atoms with Gasteiger partial charge < -0.3 is 14.0 Å². The zero-order chi connectivity index (χ0) is 21.8. The molecule has 4 aromatic carbocycles. The smallest absolute Gasteiger partial charge is 0.161 e. The molecule has 3 nitrogen and oxygen atoms in total. The minimum Gasteiger partial charge on any atom is -0.493 e. The summed E-state index contributed by atoms with van der Waals surface area (Å²) in [5.74, 6) is 1.57. The van der Waals surface area contributed by atoms with Crippen LogP contribution in [0.2, 0.25) is 0 Å². The van der Waals surface area contributed by atoms with E-state index < -0.39 is 0 Å². The van der Waals surface area contributed by atoms with Gasteiger partial charge in [0.05, 0.1) is 14.2 Å². The molecule has 3 heteroatoms. The van der Waals surface area contributed by atoms with Gasteiger partial charge in [-0.1, -0.05) is 48.5 Å². The van der Waals surface area contributed by atoms with E-state index in [9.17, 15) is 0 Å². The zero-order valence-corrected chi connectivity index (χ0v) is 18.6. The van der Waals surface area contributed by atoms with Gasteiger partial charge in [0.2, 0.25) is 0 Å². The normalized spacial score (nSPS) is 12.6. The lowest BCUT2D eigenvalue weighted by atomic mass is 9.93. The number of rotatable bonds is 3. The largest absolute Gasteiger partial charge is 0.493 e. The first-order valence-electron chi connectivity index (χ1n) is 11.1. The molecule has 0 amide bonds. The van der Waals surface area contributed by atoms with E-state index in [-0.39, 0.29) is 0 Å². The Labute approximate surface area is 187 Å². The number of fused-ring (bicyclic) bond motifs is 6. The highest BCUT2D eigenvalue weighted by Crippen LogP contribution is 2.44. The van der Waals surface area contributed by atoms with Crippen LogP contribution < -0.4 is 9.47 Å². The Morgan fingerprint density at radius 1 is 0.688 bits per heavy atom. The highest BCUT2D eigenvalue weighted by Gasteiger charge is 2.24. The van der Waals surface area contributed by atoms with E-state index in [0.717, 1.165) is 24.5 Å². The maximum absolute atomic E-state index is 5.61. The van der Waals surface area contributed by atoms with E-state index in [2.05, 4.69) is 84.3 Å². The topological polar surface area (TPSA) is 23.4 Å². The molecule has 0 aliphatic carbocycles. The second-order valence-corrected chi connectivity index (χ2v) is 8.49. The van der Waals surface area contributed by atoms with Crippen molar-refractivity contribution in [1.82, 2.24) is 4.57 Å². The molecule has 0 spiro atoms. The molecule has 5 aromatic rings. The van der Waals surface area contributed by atoms with Gasteiger partial charge >= 0.3 is 0 Å². The van der Waals surface area contributed by atoms with Crippen molar-refractivity contribution in [2.75, 3.05) is 14.2 Å². The van der Waals surface area contributed by atoms with E-state index >= 15 is 0 Å². The monoisotopic (exact) mass is 419 g/mol. The quantitative estimate of drug-likeness (QED) is 0.294. The summed E-state index contributed by atoms with van der Waals surface area (Å²) in [6.45, 7) is 3.21. The van der Waals surface area contributed by atoms with Gasteiger partial charge in [-0.3, -0.25) is 0 Å². The van der Waals surface area contributed by atoms with Crippen molar-refractivity contribution in [2.45, 2.75) is 19.9 Å². The molecule has 0 fully saturated rings. The average Bonchev–Trinajstić information content (AvgIpc) is 3.19.